The summed E-state index contributed by atoms with van der Waals surface area (Å²) in [6.45, 7) is 1.83. The van der Waals surface area contributed by atoms with Gasteiger partial charge in [0.1, 0.15) is 5.75 Å². The second kappa shape index (κ2) is 4.76. The molecule has 1 aromatic heterocycles. The molecule has 1 heterocycles. The largest absolute Gasteiger partial charge is 0.507 e. The highest BCUT2D eigenvalue weighted by Gasteiger charge is 2.02. The number of nitrogens with zero attached hydrogens (tertiary/aromatic N) is 2. The average molecular weight is 233 g/mol. The SMILES string of the molecule is C/C(=N\Nc1nccs1)c1ccccc1O. The van der Waals surface area contributed by atoms with Crippen LogP contribution in [0.4, 0.5) is 5.13 Å². The minimum absolute atomic E-state index is 0.227. The van der Waals surface area contributed by atoms with E-state index >= 15 is 0 Å². The van der Waals surface area contributed by atoms with Crippen LogP contribution in [0.5, 0.6) is 5.75 Å². The lowest BCUT2D eigenvalue weighted by atomic mass is 10.1. The summed E-state index contributed by atoms with van der Waals surface area (Å²) in [4.78, 5) is 4.04. The Morgan fingerprint density at radius 2 is 2.25 bits per heavy atom. The second-order valence-electron chi connectivity index (χ2n) is 3.16. The molecule has 82 valence electrons. The van der Waals surface area contributed by atoms with E-state index in [1.807, 2.05) is 24.4 Å². The molecule has 0 aliphatic rings. The predicted molar refractivity (Wildman–Crippen MR) is 66.1 cm³/mol. The minimum Gasteiger partial charge on any atom is -0.507 e. The summed E-state index contributed by atoms with van der Waals surface area (Å²) in [5.41, 5.74) is 4.26. The molecule has 16 heavy (non-hydrogen) atoms. The first-order valence-corrected chi connectivity index (χ1v) is 5.63. The molecule has 0 fully saturated rings. The Hall–Kier alpha value is -1.88. The van der Waals surface area contributed by atoms with Gasteiger partial charge in [-0.1, -0.05) is 12.1 Å². The summed E-state index contributed by atoms with van der Waals surface area (Å²) in [6.07, 6.45) is 1.71. The monoisotopic (exact) mass is 233 g/mol. The molecule has 0 bridgehead atoms. The molecule has 2 aromatic rings. The molecule has 0 atom stereocenters. The summed E-state index contributed by atoms with van der Waals surface area (Å²) in [6, 6.07) is 7.09. The quantitative estimate of drug-likeness (QED) is 0.633. The summed E-state index contributed by atoms with van der Waals surface area (Å²) in [5, 5.41) is 16.4. The van der Waals surface area contributed by atoms with Gasteiger partial charge in [0.2, 0.25) is 5.13 Å². The molecule has 0 amide bonds. The van der Waals surface area contributed by atoms with Crippen molar-refractivity contribution in [3.05, 3.63) is 41.4 Å². The van der Waals surface area contributed by atoms with Crippen molar-refractivity contribution in [3.8, 4) is 5.75 Å². The van der Waals surface area contributed by atoms with Crippen LogP contribution in [0.1, 0.15) is 12.5 Å². The molecule has 2 rings (SSSR count). The van der Waals surface area contributed by atoms with Gasteiger partial charge in [-0.25, -0.2) is 4.98 Å². The molecule has 0 unspecified atom stereocenters. The van der Waals surface area contributed by atoms with Crippen molar-refractivity contribution in [2.24, 2.45) is 5.10 Å². The molecule has 0 aliphatic heterocycles. The van der Waals surface area contributed by atoms with Gasteiger partial charge < -0.3 is 5.11 Å². The van der Waals surface area contributed by atoms with Gasteiger partial charge in [-0.3, -0.25) is 5.43 Å². The van der Waals surface area contributed by atoms with Crippen LogP contribution in [-0.2, 0) is 0 Å². The molecule has 0 spiro atoms. The Balaban J connectivity index is 2.16. The molecule has 4 nitrogen and oxygen atoms in total. The number of phenolic OH excluding ortho intramolecular Hbond substituents is 1. The van der Waals surface area contributed by atoms with Crippen molar-refractivity contribution >= 4 is 22.2 Å². The van der Waals surface area contributed by atoms with Gasteiger partial charge in [-0.05, 0) is 19.1 Å². The number of phenols is 1. The second-order valence-corrected chi connectivity index (χ2v) is 4.06. The average Bonchev–Trinajstić information content (AvgIpc) is 2.79. The number of benzene rings is 1. The Labute approximate surface area is 97.3 Å². The highest BCUT2D eigenvalue weighted by molar-refractivity contribution is 7.13. The predicted octanol–water partition coefficient (Wildman–Crippen LogP) is 2.68. The van der Waals surface area contributed by atoms with Crippen molar-refractivity contribution < 1.29 is 5.11 Å². The smallest absolute Gasteiger partial charge is 0.203 e. The number of nitrogens with one attached hydrogen (secondary N) is 1. The van der Waals surface area contributed by atoms with Gasteiger partial charge >= 0.3 is 0 Å². The zero-order chi connectivity index (χ0) is 11.4. The molecule has 1 aromatic carbocycles. The number of hydrazone groups is 1. The van der Waals surface area contributed by atoms with E-state index in [-0.39, 0.29) is 5.75 Å². The van der Waals surface area contributed by atoms with E-state index in [0.29, 0.717) is 11.3 Å². The van der Waals surface area contributed by atoms with Gasteiger partial charge in [-0.15, -0.1) is 11.3 Å². The first-order valence-electron chi connectivity index (χ1n) is 4.75. The van der Waals surface area contributed by atoms with E-state index in [1.165, 1.54) is 11.3 Å². The molecule has 2 N–H and O–H groups in total. The number of aromatic hydroxyl groups is 1. The van der Waals surface area contributed by atoms with Gasteiger partial charge in [0.15, 0.2) is 0 Å². The highest BCUT2D eigenvalue weighted by atomic mass is 32.1. The fourth-order valence-corrected chi connectivity index (χ4v) is 1.72. The van der Waals surface area contributed by atoms with Crippen molar-refractivity contribution in [2.45, 2.75) is 6.92 Å². The third-order valence-electron chi connectivity index (χ3n) is 2.05. The number of hydrogen-bond donors (Lipinski definition) is 2. The molecule has 5 heteroatoms. The molecule has 0 saturated carbocycles. The summed E-state index contributed by atoms with van der Waals surface area (Å²) < 4.78 is 0. The zero-order valence-electron chi connectivity index (χ0n) is 8.71. The minimum atomic E-state index is 0.227. The maximum atomic E-state index is 9.62. The summed E-state index contributed by atoms with van der Waals surface area (Å²) >= 11 is 1.47. The number of aromatic nitrogens is 1. The lowest BCUT2D eigenvalue weighted by molar-refractivity contribution is 0.474. The van der Waals surface area contributed by atoms with E-state index in [9.17, 15) is 5.11 Å². The van der Waals surface area contributed by atoms with Crippen LogP contribution in [0.2, 0.25) is 0 Å². The van der Waals surface area contributed by atoms with Crippen molar-refractivity contribution in [3.63, 3.8) is 0 Å². The molecular formula is C11H11N3OS. The number of thiazole rings is 1. The molecule has 0 saturated heterocycles. The maximum absolute atomic E-state index is 9.62. The van der Waals surface area contributed by atoms with Gasteiger partial charge in [0.25, 0.3) is 0 Å². The van der Waals surface area contributed by atoms with E-state index in [0.717, 1.165) is 5.13 Å². The van der Waals surface area contributed by atoms with E-state index < -0.39 is 0 Å². The van der Waals surface area contributed by atoms with Crippen molar-refractivity contribution in [2.75, 3.05) is 5.43 Å². The van der Waals surface area contributed by atoms with Crippen LogP contribution in [0.15, 0.2) is 40.9 Å². The molecule has 0 aliphatic carbocycles. The lowest BCUT2D eigenvalue weighted by Gasteiger charge is -2.03. The molecular weight excluding hydrogens is 222 g/mol. The lowest BCUT2D eigenvalue weighted by Crippen LogP contribution is -1.99. The Bertz CT molecular complexity index is 494. The first-order chi connectivity index (χ1) is 7.77. The first kappa shape index (κ1) is 10.6. The number of rotatable bonds is 3. The fraction of sp³-hybridized carbons (Fsp3) is 0.0909. The van der Waals surface area contributed by atoms with Crippen LogP contribution in [0.25, 0.3) is 0 Å². The van der Waals surface area contributed by atoms with Crippen LogP contribution >= 0.6 is 11.3 Å². The van der Waals surface area contributed by atoms with Crippen LogP contribution in [-0.4, -0.2) is 15.8 Å². The normalized spacial score (nSPS) is 11.4. The van der Waals surface area contributed by atoms with E-state index in [2.05, 4.69) is 15.5 Å². The molecule has 0 radical (unpaired) electrons. The van der Waals surface area contributed by atoms with Gasteiger partial charge in [0.05, 0.1) is 5.71 Å². The van der Waals surface area contributed by atoms with E-state index in [1.54, 1.807) is 18.3 Å². The van der Waals surface area contributed by atoms with E-state index in [4.69, 9.17) is 0 Å². The number of anilines is 1. The van der Waals surface area contributed by atoms with Crippen LogP contribution in [0.3, 0.4) is 0 Å². The van der Waals surface area contributed by atoms with Gasteiger partial charge in [-0.2, -0.15) is 5.10 Å². The third-order valence-corrected chi connectivity index (χ3v) is 2.72. The van der Waals surface area contributed by atoms with Gasteiger partial charge in [0, 0.05) is 17.1 Å². The standard InChI is InChI=1S/C11H11N3OS/c1-8(9-4-2-3-5-10(9)15)13-14-11-12-6-7-16-11/h2-7,15H,1H3,(H,12,14)/b13-8+. The Morgan fingerprint density at radius 3 is 2.94 bits per heavy atom. The summed E-state index contributed by atoms with van der Waals surface area (Å²) in [5.74, 6) is 0.227. The van der Waals surface area contributed by atoms with Crippen LogP contribution in [0, 0.1) is 0 Å². The number of hydrogen-bond acceptors (Lipinski definition) is 5. The maximum Gasteiger partial charge on any atom is 0.203 e. The summed E-state index contributed by atoms with van der Waals surface area (Å²) in [7, 11) is 0. The van der Waals surface area contributed by atoms with Crippen molar-refractivity contribution in [1.29, 1.82) is 0 Å². The number of para-hydroxylation sites is 1. The Morgan fingerprint density at radius 1 is 1.44 bits per heavy atom. The van der Waals surface area contributed by atoms with Crippen molar-refractivity contribution in [1.82, 2.24) is 4.98 Å². The highest BCUT2D eigenvalue weighted by Crippen LogP contribution is 2.17. The zero-order valence-corrected chi connectivity index (χ0v) is 9.53. The van der Waals surface area contributed by atoms with Crippen LogP contribution < -0.4 is 5.43 Å². The fourth-order valence-electron chi connectivity index (χ4n) is 1.25. The Kier molecular flexibility index (Phi) is 3.16. The topological polar surface area (TPSA) is 57.5 Å². The third kappa shape index (κ3) is 2.38.